The van der Waals surface area contributed by atoms with Gasteiger partial charge in [0.05, 0.1) is 5.69 Å². The Balaban J connectivity index is 2.26. The average molecular weight is 305 g/mol. The van der Waals surface area contributed by atoms with Gasteiger partial charge < -0.3 is 4.90 Å². The number of hydrogen-bond acceptors (Lipinski definition) is 2. The fraction of sp³-hybridized carbons (Fsp3) is 0.400. The molecule has 1 heterocycles. The summed E-state index contributed by atoms with van der Waals surface area (Å²) in [4.78, 5) is 3.93. The van der Waals surface area contributed by atoms with E-state index >= 15 is 0 Å². The molecule has 0 aromatic heterocycles. The quantitative estimate of drug-likeness (QED) is 0.610. The van der Waals surface area contributed by atoms with E-state index in [9.17, 15) is 0 Å². The van der Waals surface area contributed by atoms with Crippen LogP contribution in [0.3, 0.4) is 0 Å². The minimum atomic E-state index is 1.18. The third kappa shape index (κ3) is 2.13. The summed E-state index contributed by atoms with van der Waals surface area (Å²) in [5.74, 6) is 1.23. The molecule has 0 aliphatic carbocycles. The molecule has 0 amide bonds. The van der Waals surface area contributed by atoms with Gasteiger partial charge in [0.25, 0.3) is 0 Å². The molecular weight excluding hydrogens is 293 g/mol. The van der Waals surface area contributed by atoms with Crippen molar-refractivity contribution < 1.29 is 0 Å². The lowest BCUT2D eigenvalue weighted by atomic mass is 10.3. The highest BCUT2D eigenvalue weighted by Crippen LogP contribution is 2.33. The molecule has 0 saturated carbocycles. The number of fused-ring (bicyclic) bond motifs is 1. The second-order valence-electron chi connectivity index (χ2n) is 2.99. The third-order valence-electron chi connectivity index (χ3n) is 2.18. The highest BCUT2D eigenvalue weighted by atomic mass is 127. The van der Waals surface area contributed by atoms with Crippen molar-refractivity contribution in [1.29, 1.82) is 0 Å². The first-order valence-corrected chi connectivity index (χ1v) is 6.95. The average Bonchev–Trinajstić information content (AvgIpc) is 2.19. The van der Waals surface area contributed by atoms with Crippen molar-refractivity contribution in [2.75, 3.05) is 28.2 Å². The standard InChI is InChI=1S/C10H12INS/c11-5-6-12-7-8-13-10-4-2-1-3-9(10)12/h1-4H,5-8H2. The van der Waals surface area contributed by atoms with Gasteiger partial charge in [-0.05, 0) is 12.1 Å². The van der Waals surface area contributed by atoms with Crippen LogP contribution >= 0.6 is 34.4 Å². The minimum absolute atomic E-state index is 1.18. The van der Waals surface area contributed by atoms with Crippen LogP contribution < -0.4 is 4.90 Å². The summed E-state index contributed by atoms with van der Waals surface area (Å²) >= 11 is 4.41. The summed E-state index contributed by atoms with van der Waals surface area (Å²) < 4.78 is 1.21. The van der Waals surface area contributed by atoms with Crippen molar-refractivity contribution >= 4 is 40.0 Å². The molecule has 0 fully saturated rings. The summed E-state index contributed by atoms with van der Waals surface area (Å²) in [6.07, 6.45) is 0. The molecule has 2 rings (SSSR count). The molecule has 1 nitrogen and oxygen atoms in total. The Bertz CT molecular complexity index is 290. The fourth-order valence-corrected chi connectivity index (χ4v) is 3.19. The zero-order valence-corrected chi connectivity index (χ0v) is 10.3. The maximum Gasteiger partial charge on any atom is 0.0504 e. The van der Waals surface area contributed by atoms with Gasteiger partial charge in [0.15, 0.2) is 0 Å². The summed E-state index contributed by atoms with van der Waals surface area (Å²) in [7, 11) is 0. The first-order chi connectivity index (χ1) is 6.42. The summed E-state index contributed by atoms with van der Waals surface area (Å²) in [6, 6.07) is 8.71. The van der Waals surface area contributed by atoms with Crippen molar-refractivity contribution in [1.82, 2.24) is 0 Å². The maximum absolute atomic E-state index is 2.48. The van der Waals surface area contributed by atoms with Crippen LogP contribution in [0.2, 0.25) is 0 Å². The first-order valence-electron chi connectivity index (χ1n) is 4.44. The van der Waals surface area contributed by atoms with E-state index in [0.29, 0.717) is 0 Å². The molecule has 0 N–H and O–H groups in total. The Kier molecular flexibility index (Phi) is 3.38. The van der Waals surface area contributed by atoms with Crippen LogP contribution in [-0.2, 0) is 0 Å². The molecule has 13 heavy (non-hydrogen) atoms. The Morgan fingerprint density at radius 1 is 1.38 bits per heavy atom. The van der Waals surface area contributed by atoms with Crippen molar-refractivity contribution in [3.63, 3.8) is 0 Å². The molecule has 1 aliphatic rings. The molecule has 0 atom stereocenters. The van der Waals surface area contributed by atoms with Gasteiger partial charge in [-0.25, -0.2) is 0 Å². The smallest absolute Gasteiger partial charge is 0.0504 e. The van der Waals surface area contributed by atoms with Crippen molar-refractivity contribution in [2.45, 2.75) is 4.90 Å². The highest BCUT2D eigenvalue weighted by Gasteiger charge is 2.15. The second kappa shape index (κ2) is 4.55. The Morgan fingerprint density at radius 2 is 2.23 bits per heavy atom. The van der Waals surface area contributed by atoms with Crippen molar-refractivity contribution in [2.24, 2.45) is 0 Å². The van der Waals surface area contributed by atoms with Crippen LogP contribution in [-0.4, -0.2) is 23.3 Å². The lowest BCUT2D eigenvalue weighted by molar-refractivity contribution is 0.861. The molecule has 0 radical (unpaired) electrons. The van der Waals surface area contributed by atoms with Crippen LogP contribution in [0.5, 0.6) is 0 Å². The molecule has 1 aromatic rings. The Morgan fingerprint density at radius 3 is 3.08 bits per heavy atom. The predicted molar refractivity (Wildman–Crippen MR) is 68.3 cm³/mol. The number of hydrogen-bond donors (Lipinski definition) is 0. The number of halogens is 1. The summed E-state index contributed by atoms with van der Waals surface area (Å²) in [5.41, 5.74) is 1.43. The second-order valence-corrected chi connectivity index (χ2v) is 5.21. The minimum Gasteiger partial charge on any atom is -0.369 e. The molecular formula is C10H12INS. The normalized spacial score (nSPS) is 15.6. The summed E-state index contributed by atoms with van der Waals surface area (Å²) in [5, 5.41) is 0. The molecule has 0 spiro atoms. The number of thioether (sulfide) groups is 1. The number of para-hydroxylation sites is 1. The van der Waals surface area contributed by atoms with Gasteiger partial charge in [-0.3, -0.25) is 0 Å². The van der Waals surface area contributed by atoms with Gasteiger partial charge in [-0.1, -0.05) is 34.7 Å². The zero-order valence-electron chi connectivity index (χ0n) is 7.37. The Labute approximate surface area is 97.0 Å². The van der Waals surface area contributed by atoms with Crippen LogP contribution in [0, 0.1) is 0 Å². The molecule has 1 aliphatic heterocycles. The van der Waals surface area contributed by atoms with E-state index in [0.717, 1.165) is 0 Å². The number of alkyl halides is 1. The van der Waals surface area contributed by atoms with E-state index < -0.39 is 0 Å². The summed E-state index contributed by atoms with van der Waals surface area (Å²) in [6.45, 7) is 2.38. The zero-order chi connectivity index (χ0) is 9.10. The topological polar surface area (TPSA) is 3.24 Å². The van der Waals surface area contributed by atoms with Crippen molar-refractivity contribution in [3.8, 4) is 0 Å². The molecule has 0 bridgehead atoms. The van der Waals surface area contributed by atoms with E-state index in [1.807, 2.05) is 11.8 Å². The van der Waals surface area contributed by atoms with Gasteiger partial charge in [-0.15, -0.1) is 11.8 Å². The SMILES string of the molecule is ICCN1CCSc2ccccc21. The monoisotopic (exact) mass is 305 g/mol. The number of benzene rings is 1. The van der Waals surface area contributed by atoms with Gasteiger partial charge in [0, 0.05) is 28.2 Å². The van der Waals surface area contributed by atoms with Gasteiger partial charge in [-0.2, -0.15) is 0 Å². The van der Waals surface area contributed by atoms with Gasteiger partial charge >= 0.3 is 0 Å². The lowest BCUT2D eigenvalue weighted by Crippen LogP contribution is -2.30. The first kappa shape index (κ1) is 9.65. The third-order valence-corrected chi connectivity index (χ3v) is 3.70. The van der Waals surface area contributed by atoms with Crippen LogP contribution in [0.25, 0.3) is 0 Å². The molecule has 0 saturated heterocycles. The van der Waals surface area contributed by atoms with Gasteiger partial charge in [0.1, 0.15) is 0 Å². The number of rotatable bonds is 2. The predicted octanol–water partition coefficient (Wildman–Crippen LogP) is 3.03. The molecule has 0 unspecified atom stereocenters. The molecule has 70 valence electrons. The van der Waals surface area contributed by atoms with Crippen molar-refractivity contribution in [3.05, 3.63) is 24.3 Å². The van der Waals surface area contributed by atoms with E-state index in [1.165, 1.54) is 33.9 Å². The lowest BCUT2D eigenvalue weighted by Gasteiger charge is -2.30. The Hall–Kier alpha value is 0.100. The number of anilines is 1. The van der Waals surface area contributed by atoms with Crippen LogP contribution in [0.1, 0.15) is 0 Å². The van der Waals surface area contributed by atoms with Crippen LogP contribution in [0.4, 0.5) is 5.69 Å². The molecule has 1 aromatic carbocycles. The van der Waals surface area contributed by atoms with E-state index in [4.69, 9.17) is 0 Å². The van der Waals surface area contributed by atoms with E-state index in [-0.39, 0.29) is 0 Å². The van der Waals surface area contributed by atoms with Crippen LogP contribution in [0.15, 0.2) is 29.2 Å². The fourth-order valence-electron chi connectivity index (χ4n) is 1.56. The maximum atomic E-state index is 2.48. The number of nitrogens with zero attached hydrogens (tertiary/aromatic N) is 1. The largest absolute Gasteiger partial charge is 0.369 e. The highest BCUT2D eigenvalue weighted by molar-refractivity contribution is 14.1. The van der Waals surface area contributed by atoms with Gasteiger partial charge in [0.2, 0.25) is 0 Å². The van der Waals surface area contributed by atoms with E-state index in [1.54, 1.807) is 0 Å². The van der Waals surface area contributed by atoms with E-state index in [2.05, 4.69) is 51.8 Å². The molecule has 3 heteroatoms.